The number of nitro groups is 2. The van der Waals surface area contributed by atoms with E-state index in [1.54, 1.807) is 0 Å². The molecule has 0 aliphatic carbocycles. The maximum Gasteiger partial charge on any atom is 0.346 e. The first-order chi connectivity index (χ1) is 10.4. The summed E-state index contributed by atoms with van der Waals surface area (Å²) in [6, 6.07) is 6.94. The molecule has 9 nitrogen and oxygen atoms in total. The third-order valence-corrected chi connectivity index (χ3v) is 3.61. The SMILES string of the molecule is N#Cc1[nH]c(-c2ccc([N+](=O)[O-])c([N+](=O)[O-])c2)c(C#N)c1Br. The molecule has 1 heterocycles. The Morgan fingerprint density at radius 2 is 1.73 bits per heavy atom. The number of nitrogens with one attached hydrogen (secondary N) is 1. The Labute approximate surface area is 130 Å². The Morgan fingerprint density at radius 1 is 1.09 bits per heavy atom. The molecule has 1 N–H and O–H groups in total. The fourth-order valence-electron chi connectivity index (χ4n) is 1.86. The van der Waals surface area contributed by atoms with Gasteiger partial charge in [-0.2, -0.15) is 10.5 Å². The monoisotopic (exact) mass is 361 g/mol. The third-order valence-electron chi connectivity index (χ3n) is 2.82. The lowest BCUT2D eigenvalue weighted by atomic mass is 10.1. The van der Waals surface area contributed by atoms with E-state index in [-0.39, 0.29) is 27.0 Å². The molecule has 1 aromatic carbocycles. The zero-order valence-electron chi connectivity index (χ0n) is 10.5. The fourth-order valence-corrected chi connectivity index (χ4v) is 2.33. The van der Waals surface area contributed by atoms with E-state index >= 15 is 0 Å². The van der Waals surface area contributed by atoms with Crippen molar-refractivity contribution in [2.24, 2.45) is 0 Å². The van der Waals surface area contributed by atoms with Crippen LogP contribution in [0.1, 0.15) is 11.3 Å². The number of benzene rings is 1. The number of nitriles is 2. The van der Waals surface area contributed by atoms with Gasteiger partial charge in [-0.05, 0) is 22.0 Å². The lowest BCUT2D eigenvalue weighted by Gasteiger charge is -2.00. The molecule has 0 aliphatic rings. The average Bonchev–Trinajstić information content (AvgIpc) is 2.82. The van der Waals surface area contributed by atoms with Crippen LogP contribution in [-0.2, 0) is 0 Å². The first kappa shape index (κ1) is 15.2. The summed E-state index contributed by atoms with van der Waals surface area (Å²) < 4.78 is 0.230. The standard InChI is InChI=1S/C12H4BrN5O4/c13-11-7(4-14)12(16-8(11)5-15)6-1-2-9(17(19)20)10(3-6)18(21)22/h1-3,16H. The van der Waals surface area contributed by atoms with Crippen LogP contribution in [0.4, 0.5) is 11.4 Å². The van der Waals surface area contributed by atoms with Crippen molar-refractivity contribution in [1.29, 1.82) is 10.5 Å². The molecule has 0 saturated carbocycles. The normalized spacial score (nSPS) is 9.77. The summed E-state index contributed by atoms with van der Waals surface area (Å²) in [5.41, 5.74) is -0.832. The maximum atomic E-state index is 11.0. The Balaban J connectivity index is 2.73. The molecule has 0 bridgehead atoms. The van der Waals surface area contributed by atoms with Crippen LogP contribution in [0.25, 0.3) is 11.3 Å². The predicted octanol–water partition coefficient (Wildman–Crippen LogP) is 3.00. The van der Waals surface area contributed by atoms with Gasteiger partial charge in [0.05, 0.1) is 25.6 Å². The molecular formula is C12H4BrN5O4. The van der Waals surface area contributed by atoms with Gasteiger partial charge >= 0.3 is 11.4 Å². The second-order valence-electron chi connectivity index (χ2n) is 4.01. The lowest BCUT2D eigenvalue weighted by molar-refractivity contribution is -0.422. The molecule has 0 amide bonds. The minimum absolute atomic E-state index is 0.0764. The molecule has 1 aromatic heterocycles. The van der Waals surface area contributed by atoms with Crippen molar-refractivity contribution in [2.45, 2.75) is 0 Å². The van der Waals surface area contributed by atoms with Gasteiger partial charge in [-0.3, -0.25) is 20.2 Å². The summed E-state index contributed by atoms with van der Waals surface area (Å²) in [6.07, 6.45) is 0. The molecule has 108 valence electrons. The smallest absolute Gasteiger partial charge is 0.344 e. The van der Waals surface area contributed by atoms with E-state index < -0.39 is 21.2 Å². The number of nitrogens with zero attached hydrogens (tertiary/aromatic N) is 4. The van der Waals surface area contributed by atoms with Crippen molar-refractivity contribution in [3.8, 4) is 23.4 Å². The molecule has 0 radical (unpaired) electrons. The van der Waals surface area contributed by atoms with E-state index in [1.807, 2.05) is 12.1 Å². The molecule has 0 spiro atoms. The van der Waals surface area contributed by atoms with E-state index in [0.717, 1.165) is 12.1 Å². The Hall–Kier alpha value is -3.24. The van der Waals surface area contributed by atoms with Crippen LogP contribution in [0, 0.1) is 42.9 Å². The number of rotatable bonds is 3. The molecule has 2 rings (SSSR count). The van der Waals surface area contributed by atoms with Crippen LogP contribution in [-0.4, -0.2) is 14.8 Å². The third kappa shape index (κ3) is 2.39. The van der Waals surface area contributed by atoms with Crippen LogP contribution in [0.15, 0.2) is 22.7 Å². The van der Waals surface area contributed by atoms with E-state index in [1.165, 1.54) is 6.07 Å². The molecule has 0 aliphatic heterocycles. The number of aromatic nitrogens is 1. The van der Waals surface area contributed by atoms with E-state index in [0.29, 0.717) is 0 Å². The van der Waals surface area contributed by atoms with Gasteiger partial charge in [0, 0.05) is 17.7 Å². The van der Waals surface area contributed by atoms with Crippen molar-refractivity contribution in [1.82, 2.24) is 4.98 Å². The quantitative estimate of drug-likeness (QED) is 0.655. The largest absolute Gasteiger partial charge is 0.346 e. The van der Waals surface area contributed by atoms with Gasteiger partial charge < -0.3 is 4.98 Å². The van der Waals surface area contributed by atoms with Crippen molar-refractivity contribution >= 4 is 27.3 Å². The zero-order valence-corrected chi connectivity index (χ0v) is 12.1. The topological polar surface area (TPSA) is 150 Å². The Morgan fingerprint density at radius 3 is 2.23 bits per heavy atom. The maximum absolute atomic E-state index is 11.0. The van der Waals surface area contributed by atoms with Gasteiger partial charge in [-0.25, -0.2) is 0 Å². The zero-order chi connectivity index (χ0) is 16.4. The molecule has 22 heavy (non-hydrogen) atoms. The Bertz CT molecular complexity index is 890. The summed E-state index contributed by atoms with van der Waals surface area (Å²) in [7, 11) is 0. The molecule has 0 atom stereocenters. The highest BCUT2D eigenvalue weighted by Gasteiger charge is 2.26. The number of nitro benzene ring substituents is 2. The predicted molar refractivity (Wildman–Crippen MR) is 76.7 cm³/mol. The van der Waals surface area contributed by atoms with Crippen molar-refractivity contribution in [2.75, 3.05) is 0 Å². The van der Waals surface area contributed by atoms with E-state index in [2.05, 4.69) is 20.9 Å². The van der Waals surface area contributed by atoms with Gasteiger partial charge in [-0.1, -0.05) is 0 Å². The highest BCUT2D eigenvalue weighted by molar-refractivity contribution is 9.10. The number of H-pyrrole nitrogens is 1. The minimum atomic E-state index is -0.878. The number of hydrogen-bond donors (Lipinski definition) is 1. The van der Waals surface area contributed by atoms with E-state index in [4.69, 9.17) is 10.5 Å². The van der Waals surface area contributed by atoms with Crippen molar-refractivity contribution in [3.05, 3.63) is 54.2 Å². The number of aromatic amines is 1. The average molecular weight is 362 g/mol. The highest BCUT2D eigenvalue weighted by atomic mass is 79.9. The molecule has 0 unspecified atom stereocenters. The van der Waals surface area contributed by atoms with Gasteiger partial charge in [-0.15, -0.1) is 0 Å². The molecular weight excluding hydrogens is 358 g/mol. The first-order valence-electron chi connectivity index (χ1n) is 5.55. The molecule has 2 aromatic rings. The van der Waals surface area contributed by atoms with Gasteiger partial charge in [0.2, 0.25) is 0 Å². The van der Waals surface area contributed by atoms with Crippen molar-refractivity contribution in [3.63, 3.8) is 0 Å². The lowest BCUT2D eigenvalue weighted by Crippen LogP contribution is -1.97. The fraction of sp³-hybridized carbons (Fsp3) is 0. The van der Waals surface area contributed by atoms with Gasteiger partial charge in [0.15, 0.2) is 0 Å². The molecule has 10 heteroatoms. The molecule has 0 saturated heterocycles. The van der Waals surface area contributed by atoms with Crippen LogP contribution in [0.3, 0.4) is 0 Å². The highest BCUT2D eigenvalue weighted by Crippen LogP contribution is 2.36. The summed E-state index contributed by atoms with van der Waals surface area (Å²) in [5, 5.41) is 39.8. The summed E-state index contributed by atoms with van der Waals surface area (Å²) in [6.45, 7) is 0. The van der Waals surface area contributed by atoms with Gasteiger partial charge in [0.25, 0.3) is 0 Å². The second-order valence-corrected chi connectivity index (χ2v) is 4.80. The minimum Gasteiger partial charge on any atom is -0.344 e. The molecule has 0 fully saturated rings. The second kappa shape index (κ2) is 5.63. The summed E-state index contributed by atoms with van der Waals surface area (Å²) in [4.78, 5) is 22.7. The van der Waals surface area contributed by atoms with Crippen molar-refractivity contribution < 1.29 is 9.85 Å². The van der Waals surface area contributed by atoms with Crippen LogP contribution >= 0.6 is 15.9 Å². The summed E-state index contributed by atoms with van der Waals surface area (Å²) >= 11 is 3.09. The Kier molecular flexibility index (Phi) is 3.88. The number of hydrogen-bond acceptors (Lipinski definition) is 6. The number of halogens is 1. The van der Waals surface area contributed by atoms with Crippen LogP contribution in [0.5, 0.6) is 0 Å². The van der Waals surface area contributed by atoms with Crippen LogP contribution < -0.4 is 0 Å². The van der Waals surface area contributed by atoms with Crippen LogP contribution in [0.2, 0.25) is 0 Å². The first-order valence-corrected chi connectivity index (χ1v) is 6.34. The van der Waals surface area contributed by atoms with E-state index in [9.17, 15) is 20.2 Å². The van der Waals surface area contributed by atoms with Gasteiger partial charge in [0.1, 0.15) is 17.8 Å². The summed E-state index contributed by atoms with van der Waals surface area (Å²) in [5.74, 6) is 0.